The second kappa shape index (κ2) is 23.3. The van der Waals surface area contributed by atoms with Crippen LogP contribution in [0.1, 0.15) is 117 Å². The van der Waals surface area contributed by atoms with Gasteiger partial charge in [-0.3, -0.25) is 0 Å². The topological polar surface area (TPSA) is 46.5 Å². The second-order valence-electron chi connectivity index (χ2n) is 7.15. The van der Waals surface area contributed by atoms with E-state index in [9.17, 15) is 4.79 Å². The Morgan fingerprint density at radius 3 is 1.36 bits per heavy atom. The summed E-state index contributed by atoms with van der Waals surface area (Å²) in [5, 5.41) is 8.98. The molecule has 0 radical (unpaired) electrons. The first-order valence-corrected chi connectivity index (χ1v) is 10.5. The Labute approximate surface area is 205 Å². The molecule has 0 saturated carbocycles. The van der Waals surface area contributed by atoms with Crippen molar-refractivity contribution in [3.63, 3.8) is 0 Å². The van der Waals surface area contributed by atoms with Gasteiger partial charge in [0, 0.05) is 0 Å². The van der Waals surface area contributed by atoms with Crippen molar-refractivity contribution < 1.29 is 14.6 Å². The van der Waals surface area contributed by atoms with Crippen LogP contribution in [0.25, 0.3) is 0 Å². The average Bonchev–Trinajstić information content (AvgIpc) is 2.57. The van der Waals surface area contributed by atoms with Gasteiger partial charge < -0.3 is 9.84 Å². The van der Waals surface area contributed by atoms with Crippen molar-refractivity contribution in [2.45, 2.75) is 123 Å². The van der Waals surface area contributed by atoms with Gasteiger partial charge in [-0.2, -0.15) is 0 Å². The van der Waals surface area contributed by atoms with Gasteiger partial charge in [-0.05, 0) is 13.3 Å². The molecule has 0 rings (SSSR count). The van der Waals surface area contributed by atoms with Crippen LogP contribution in [-0.2, 0) is 9.53 Å². The number of carbonyl (C=O) groups excluding carboxylic acids is 1. The Balaban J connectivity index is 0. The van der Waals surface area contributed by atoms with Crippen LogP contribution in [0, 0.1) is 0 Å². The van der Waals surface area contributed by atoms with Gasteiger partial charge >= 0.3 is 64.2 Å². The fraction of sp³-hybridized carbons (Fsp3) is 0.952. The Morgan fingerprint density at radius 1 is 0.720 bits per heavy atom. The van der Waals surface area contributed by atoms with Crippen LogP contribution in [0.5, 0.6) is 0 Å². The number of hydrogen-bond donors (Lipinski definition) is 1. The third-order valence-electron chi connectivity index (χ3n) is 4.58. The molecule has 0 spiro atoms. The maximum absolute atomic E-state index is 11.0. The van der Waals surface area contributed by atoms with Crippen molar-refractivity contribution in [3.8, 4) is 0 Å². The molecule has 1 N–H and O–H groups in total. The quantitative estimate of drug-likeness (QED) is 0.231. The van der Waals surface area contributed by atoms with E-state index in [2.05, 4.69) is 6.92 Å². The summed E-state index contributed by atoms with van der Waals surface area (Å²) in [6.45, 7) is 4.16. The Kier molecular flexibility index (Phi) is 26.5. The van der Waals surface area contributed by atoms with E-state index in [4.69, 9.17) is 9.84 Å². The van der Waals surface area contributed by atoms with Gasteiger partial charge in [0.15, 0.2) is 0 Å². The van der Waals surface area contributed by atoms with E-state index < -0.39 is 12.1 Å². The van der Waals surface area contributed by atoms with E-state index in [0.29, 0.717) is 6.61 Å². The fourth-order valence-electron chi connectivity index (χ4n) is 2.94. The minimum atomic E-state index is -0.994. The van der Waals surface area contributed by atoms with E-state index >= 15 is 0 Å². The van der Waals surface area contributed by atoms with Crippen LogP contribution in [-0.4, -0.2) is 82.0 Å². The van der Waals surface area contributed by atoms with Gasteiger partial charge in [0.2, 0.25) is 0 Å². The molecule has 25 heavy (non-hydrogen) atoms. The number of esters is 1. The van der Waals surface area contributed by atoms with Crippen molar-refractivity contribution in [1.29, 1.82) is 0 Å². The molecule has 1 unspecified atom stereocenters. The summed E-state index contributed by atoms with van der Waals surface area (Å²) in [6, 6.07) is 0. The standard InChI is InChI=1S/C21H42O3.Rb.H/c1-3-4-5-6-7-8-9-10-11-12-13-14-15-16-17-18-19-24-21(23)20(2)22;;/h20,22H,3-19H2,1-2H3;;. The van der Waals surface area contributed by atoms with Crippen LogP contribution in [0.15, 0.2) is 0 Å². The normalized spacial score (nSPS) is 11.8. The summed E-state index contributed by atoms with van der Waals surface area (Å²) in [4.78, 5) is 11.0. The van der Waals surface area contributed by atoms with E-state index in [-0.39, 0.29) is 58.2 Å². The molecule has 146 valence electrons. The summed E-state index contributed by atoms with van der Waals surface area (Å²) in [5.41, 5.74) is 0. The van der Waals surface area contributed by atoms with E-state index in [1.807, 2.05) is 0 Å². The molecule has 0 bridgehead atoms. The predicted octanol–water partition coefficient (Wildman–Crippen LogP) is 5.52. The SMILES string of the molecule is CCCCCCCCCCCCCCCCCCOC(=O)C(C)O.[RbH]. The summed E-state index contributed by atoms with van der Waals surface area (Å²) in [7, 11) is 0. The number of aliphatic hydroxyl groups excluding tert-OH is 1. The molecule has 0 aliphatic heterocycles. The molecule has 0 fully saturated rings. The zero-order chi connectivity index (χ0) is 17.9. The van der Waals surface area contributed by atoms with Gasteiger partial charge in [-0.15, -0.1) is 0 Å². The monoisotopic (exact) mass is 428 g/mol. The van der Waals surface area contributed by atoms with Crippen molar-refractivity contribution in [1.82, 2.24) is 0 Å². The van der Waals surface area contributed by atoms with E-state index in [1.165, 1.54) is 96.8 Å². The first-order valence-electron chi connectivity index (χ1n) is 10.5. The van der Waals surface area contributed by atoms with Crippen LogP contribution in [0.2, 0.25) is 0 Å². The first-order chi connectivity index (χ1) is 11.7. The van der Waals surface area contributed by atoms with Gasteiger partial charge in [-0.1, -0.05) is 103 Å². The van der Waals surface area contributed by atoms with E-state index in [0.717, 1.165) is 12.8 Å². The number of rotatable bonds is 18. The minimum absolute atomic E-state index is 0. The Bertz CT molecular complexity index is 270. The molecule has 0 aromatic rings. The van der Waals surface area contributed by atoms with Gasteiger partial charge in [-0.25, -0.2) is 4.79 Å². The van der Waals surface area contributed by atoms with Crippen molar-refractivity contribution in [2.75, 3.05) is 6.61 Å². The van der Waals surface area contributed by atoms with Gasteiger partial charge in [0.1, 0.15) is 6.10 Å². The summed E-state index contributed by atoms with van der Waals surface area (Å²) < 4.78 is 4.93. The Morgan fingerprint density at radius 2 is 1.04 bits per heavy atom. The zero-order valence-electron chi connectivity index (χ0n) is 16.4. The third-order valence-corrected chi connectivity index (χ3v) is 4.58. The zero-order valence-corrected chi connectivity index (χ0v) is 16.4. The van der Waals surface area contributed by atoms with Gasteiger partial charge in [0.25, 0.3) is 0 Å². The second-order valence-corrected chi connectivity index (χ2v) is 7.15. The number of unbranched alkanes of at least 4 members (excludes halogenated alkanes) is 15. The van der Waals surface area contributed by atoms with Crippen LogP contribution >= 0.6 is 0 Å². The average molecular weight is 429 g/mol. The Hall–Kier alpha value is 1.24. The maximum atomic E-state index is 11.0. The molecule has 4 heteroatoms. The van der Waals surface area contributed by atoms with Gasteiger partial charge in [0.05, 0.1) is 6.61 Å². The van der Waals surface area contributed by atoms with Crippen molar-refractivity contribution in [3.05, 3.63) is 0 Å². The van der Waals surface area contributed by atoms with Crippen LogP contribution in [0.3, 0.4) is 0 Å². The number of hydrogen-bond acceptors (Lipinski definition) is 3. The molecular weight excluding hydrogens is 386 g/mol. The summed E-state index contributed by atoms with van der Waals surface area (Å²) in [6.07, 6.45) is 20.4. The van der Waals surface area contributed by atoms with E-state index in [1.54, 1.807) is 0 Å². The fourth-order valence-corrected chi connectivity index (χ4v) is 2.94. The molecule has 0 aliphatic rings. The number of ether oxygens (including phenoxy) is 1. The van der Waals surface area contributed by atoms with Crippen molar-refractivity contribution >= 4 is 64.2 Å². The molecule has 0 aromatic carbocycles. The molecule has 0 aromatic heterocycles. The molecule has 0 aliphatic carbocycles. The molecular formula is C21H43O3Rb. The molecule has 0 amide bonds. The molecule has 0 heterocycles. The van der Waals surface area contributed by atoms with Crippen molar-refractivity contribution in [2.24, 2.45) is 0 Å². The number of carbonyl (C=O) groups is 1. The third kappa shape index (κ3) is 23.2. The number of aliphatic hydroxyl groups is 1. The summed E-state index contributed by atoms with van der Waals surface area (Å²) >= 11 is 0. The van der Waals surface area contributed by atoms with Crippen LogP contribution < -0.4 is 0 Å². The predicted molar refractivity (Wildman–Crippen MR) is 109 cm³/mol. The summed E-state index contributed by atoms with van der Waals surface area (Å²) in [5.74, 6) is -0.504. The molecule has 3 nitrogen and oxygen atoms in total. The molecule has 0 saturated heterocycles. The first kappa shape index (κ1) is 28.4. The molecule has 1 atom stereocenters. The van der Waals surface area contributed by atoms with Crippen LogP contribution in [0.4, 0.5) is 0 Å².